The zero-order chi connectivity index (χ0) is 32.8. The first-order chi connectivity index (χ1) is 19.7. The molecule has 0 saturated heterocycles. The number of hydrogen-bond donors (Lipinski definition) is 5. The van der Waals surface area contributed by atoms with Crippen molar-refractivity contribution >= 4 is 22.8 Å². The monoisotopic (exact) mass is 627 g/mol. The first-order valence-electron chi connectivity index (χ1n) is 11.2. The number of nitrogens with one attached hydrogen (secondary N) is 2. The number of carbonyl (C=O) groups is 2. The Kier molecular flexibility index (Phi) is 10.6. The van der Waals surface area contributed by atoms with E-state index >= 15 is 0 Å². The predicted molar refractivity (Wildman–Crippen MR) is 129 cm³/mol. The molecule has 0 aliphatic carbocycles. The van der Waals surface area contributed by atoms with Crippen LogP contribution in [0.5, 0.6) is 0 Å². The molecule has 0 aliphatic heterocycles. The van der Waals surface area contributed by atoms with Crippen molar-refractivity contribution in [2.45, 2.75) is 31.0 Å². The summed E-state index contributed by atoms with van der Waals surface area (Å²) in [6, 6.07) is 9.40. The highest BCUT2D eigenvalue weighted by Gasteiger charge is 2.39. The van der Waals surface area contributed by atoms with Gasteiger partial charge in [-0.05, 0) is 35.7 Å². The van der Waals surface area contributed by atoms with Crippen molar-refractivity contribution in [3.05, 3.63) is 82.2 Å². The zero-order valence-electron chi connectivity index (χ0n) is 21.0. The molecular weight excluding hydrogens is 609 g/mol. The van der Waals surface area contributed by atoms with Gasteiger partial charge in [-0.1, -0.05) is 24.3 Å². The summed E-state index contributed by atoms with van der Waals surface area (Å²) in [6.45, 7) is 0. The van der Waals surface area contributed by atoms with Crippen molar-refractivity contribution in [3.8, 4) is 11.1 Å². The van der Waals surface area contributed by atoms with Crippen LogP contribution in [0.25, 0.3) is 22.0 Å². The smallest absolute Gasteiger partial charge is 0.475 e. The number of rotatable bonds is 4. The van der Waals surface area contributed by atoms with Gasteiger partial charge in [-0.3, -0.25) is 9.89 Å². The normalized spacial score (nSPS) is 12.4. The fourth-order valence-electron chi connectivity index (χ4n) is 3.15. The molecule has 0 aliphatic rings. The lowest BCUT2D eigenvalue weighted by molar-refractivity contribution is -0.193. The Morgan fingerprint density at radius 2 is 1.47 bits per heavy atom. The van der Waals surface area contributed by atoms with Crippen molar-refractivity contribution in [1.29, 1.82) is 0 Å². The largest absolute Gasteiger partial charge is 0.490 e. The van der Waals surface area contributed by atoms with Gasteiger partial charge in [0.1, 0.15) is 5.82 Å². The Labute approximate surface area is 233 Å². The number of fused-ring (bicyclic) bond motifs is 1. The van der Waals surface area contributed by atoms with Crippen LogP contribution in [0, 0.1) is 0 Å². The van der Waals surface area contributed by atoms with Crippen LogP contribution in [0.1, 0.15) is 23.0 Å². The summed E-state index contributed by atoms with van der Waals surface area (Å²) in [4.78, 5) is 37.4. The van der Waals surface area contributed by atoms with E-state index in [4.69, 9.17) is 25.5 Å². The standard InChI is InChI=1S/C20H16F3N5O.2C2HF3O2/c21-20(22,23)14-3-1-2-11(6-14)7-16(24)18-27-17-5-4-12(13-9-25-26-10-13)8-15(17)19(29)28-18;2*3-2(4,5)1(6)7/h1-6,8-10,16H,7,24H2,(H,25,26)(H,27,28,29);2*(H,6,7)/t16-;;/m1../s1. The molecule has 0 unspecified atom stereocenters. The number of nitrogens with zero attached hydrogens (tertiary/aromatic N) is 2. The van der Waals surface area contributed by atoms with E-state index in [-0.39, 0.29) is 17.8 Å². The minimum atomic E-state index is -5.08. The lowest BCUT2D eigenvalue weighted by atomic mass is 10.0. The number of benzene rings is 2. The molecule has 4 aromatic rings. The molecule has 0 saturated carbocycles. The minimum Gasteiger partial charge on any atom is -0.475 e. The Hall–Kier alpha value is -4.94. The summed E-state index contributed by atoms with van der Waals surface area (Å²) in [5, 5.41) is 21.2. The molecule has 2 aromatic carbocycles. The van der Waals surface area contributed by atoms with E-state index in [9.17, 15) is 44.3 Å². The van der Waals surface area contributed by atoms with Gasteiger partial charge in [0.2, 0.25) is 0 Å². The molecule has 0 bridgehead atoms. The molecule has 2 aromatic heterocycles. The van der Waals surface area contributed by atoms with Gasteiger partial charge < -0.3 is 20.9 Å². The van der Waals surface area contributed by atoms with Crippen molar-refractivity contribution in [3.63, 3.8) is 0 Å². The summed E-state index contributed by atoms with van der Waals surface area (Å²) < 4.78 is 102. The molecule has 0 spiro atoms. The molecule has 232 valence electrons. The Morgan fingerprint density at radius 3 is 1.95 bits per heavy atom. The number of alkyl halides is 9. The van der Waals surface area contributed by atoms with Crippen LogP contribution in [0.15, 0.2) is 59.7 Å². The van der Waals surface area contributed by atoms with Gasteiger partial charge in [-0.25, -0.2) is 14.6 Å². The van der Waals surface area contributed by atoms with Gasteiger partial charge in [0.25, 0.3) is 5.56 Å². The Morgan fingerprint density at radius 1 is 0.884 bits per heavy atom. The molecule has 0 amide bonds. The molecular formula is C24H18F9N5O5. The Bertz CT molecular complexity index is 1590. The van der Waals surface area contributed by atoms with Crippen LogP contribution in [-0.4, -0.2) is 54.7 Å². The summed E-state index contributed by atoms with van der Waals surface area (Å²) in [5.74, 6) is -5.30. The number of H-pyrrole nitrogens is 2. The summed E-state index contributed by atoms with van der Waals surface area (Å²) >= 11 is 0. The Balaban J connectivity index is 0.000000384. The van der Waals surface area contributed by atoms with Crippen molar-refractivity contribution in [1.82, 2.24) is 20.2 Å². The van der Waals surface area contributed by atoms with Crippen LogP contribution in [0.3, 0.4) is 0 Å². The molecule has 6 N–H and O–H groups in total. The van der Waals surface area contributed by atoms with Crippen molar-refractivity contribution < 1.29 is 59.3 Å². The molecule has 19 heteroatoms. The highest BCUT2D eigenvalue weighted by Crippen LogP contribution is 2.30. The number of halogens is 9. The third-order valence-electron chi connectivity index (χ3n) is 5.10. The summed E-state index contributed by atoms with van der Waals surface area (Å²) in [5.41, 5.74) is 7.52. The maximum absolute atomic E-state index is 12.9. The predicted octanol–water partition coefficient (Wildman–Crippen LogP) is 4.84. The molecule has 10 nitrogen and oxygen atoms in total. The van der Waals surface area contributed by atoms with Gasteiger partial charge in [-0.15, -0.1) is 0 Å². The average Bonchev–Trinajstić information content (AvgIpc) is 3.43. The van der Waals surface area contributed by atoms with Gasteiger partial charge >= 0.3 is 30.5 Å². The van der Waals surface area contributed by atoms with Crippen molar-refractivity contribution in [2.24, 2.45) is 5.73 Å². The molecule has 4 rings (SSSR count). The SMILES string of the molecule is N[C@H](Cc1cccc(C(F)(F)F)c1)c1nc2ccc(-c3cn[nH]c3)cc2c(=O)[nH]1.O=C(O)C(F)(F)F.O=C(O)C(F)(F)F. The second-order valence-corrected chi connectivity index (χ2v) is 8.28. The molecule has 0 fully saturated rings. The molecule has 1 atom stereocenters. The quantitative estimate of drug-likeness (QED) is 0.200. The fourth-order valence-corrected chi connectivity index (χ4v) is 3.15. The van der Waals surface area contributed by atoms with E-state index in [1.54, 1.807) is 30.6 Å². The van der Waals surface area contributed by atoms with Crippen LogP contribution in [-0.2, 0) is 22.2 Å². The van der Waals surface area contributed by atoms with E-state index in [0.717, 1.165) is 23.3 Å². The van der Waals surface area contributed by atoms with Crippen LogP contribution in [0.4, 0.5) is 39.5 Å². The maximum atomic E-state index is 12.9. The van der Waals surface area contributed by atoms with Crippen LogP contribution < -0.4 is 11.3 Å². The van der Waals surface area contributed by atoms with E-state index in [0.29, 0.717) is 16.5 Å². The van der Waals surface area contributed by atoms with E-state index in [1.807, 2.05) is 6.07 Å². The first kappa shape index (κ1) is 34.3. The van der Waals surface area contributed by atoms with E-state index in [2.05, 4.69) is 20.2 Å². The fraction of sp³-hybridized carbons (Fsp3) is 0.208. The second kappa shape index (κ2) is 13.4. The third kappa shape index (κ3) is 10.1. The summed E-state index contributed by atoms with van der Waals surface area (Å²) in [7, 11) is 0. The molecule has 2 heterocycles. The minimum absolute atomic E-state index is 0.103. The van der Waals surface area contributed by atoms with E-state index in [1.165, 1.54) is 6.07 Å². The number of carboxylic acids is 2. The molecule has 0 radical (unpaired) electrons. The van der Waals surface area contributed by atoms with Gasteiger partial charge in [0, 0.05) is 11.8 Å². The van der Waals surface area contributed by atoms with Gasteiger partial charge in [0.15, 0.2) is 0 Å². The number of aromatic amines is 2. The lowest BCUT2D eigenvalue weighted by Gasteiger charge is -2.13. The lowest BCUT2D eigenvalue weighted by Crippen LogP contribution is -2.22. The van der Waals surface area contributed by atoms with Crippen LogP contribution >= 0.6 is 0 Å². The highest BCUT2D eigenvalue weighted by molar-refractivity contribution is 5.83. The number of aliphatic carboxylic acids is 2. The number of nitrogens with two attached hydrogens (primary N) is 1. The van der Waals surface area contributed by atoms with E-state index < -0.39 is 42.1 Å². The number of hydrogen-bond acceptors (Lipinski definition) is 6. The highest BCUT2D eigenvalue weighted by atomic mass is 19.4. The van der Waals surface area contributed by atoms with Gasteiger partial charge in [-0.2, -0.15) is 44.6 Å². The number of carboxylic acid groups (broad SMARTS) is 2. The number of aromatic nitrogens is 4. The third-order valence-corrected chi connectivity index (χ3v) is 5.10. The average molecular weight is 627 g/mol. The second-order valence-electron chi connectivity index (χ2n) is 8.28. The summed E-state index contributed by atoms with van der Waals surface area (Å²) in [6.07, 6.45) is -11.1. The zero-order valence-corrected chi connectivity index (χ0v) is 21.0. The topological polar surface area (TPSA) is 175 Å². The van der Waals surface area contributed by atoms with Gasteiger partial charge in [0.05, 0.1) is 28.7 Å². The van der Waals surface area contributed by atoms with Crippen molar-refractivity contribution in [2.75, 3.05) is 0 Å². The maximum Gasteiger partial charge on any atom is 0.490 e. The van der Waals surface area contributed by atoms with Crippen LogP contribution in [0.2, 0.25) is 0 Å². The first-order valence-corrected chi connectivity index (χ1v) is 11.2. The molecule has 43 heavy (non-hydrogen) atoms.